The molecule has 8 nitrogen and oxygen atoms in total. The largest absolute Gasteiger partial charge is 0.493 e. The van der Waals surface area contributed by atoms with Gasteiger partial charge >= 0.3 is 0 Å². The summed E-state index contributed by atoms with van der Waals surface area (Å²) in [4.78, 5) is 26.7. The number of azo groups is 1. The fourth-order valence-corrected chi connectivity index (χ4v) is 4.00. The number of para-hydroxylation sites is 1. The van der Waals surface area contributed by atoms with Crippen molar-refractivity contribution in [2.45, 2.75) is 18.2 Å². The van der Waals surface area contributed by atoms with E-state index in [0.717, 1.165) is 28.2 Å². The fraction of sp³-hybridized carbons (Fsp3) is 0.150. The van der Waals surface area contributed by atoms with Gasteiger partial charge < -0.3 is 15.4 Å². The van der Waals surface area contributed by atoms with E-state index < -0.39 is 17.1 Å². The van der Waals surface area contributed by atoms with Gasteiger partial charge in [0.05, 0.1) is 12.1 Å². The first kappa shape index (κ1) is 18.9. The number of hydrogen-bond donors (Lipinski definition) is 2. The van der Waals surface area contributed by atoms with Crippen molar-refractivity contribution in [1.82, 2.24) is 4.57 Å². The summed E-state index contributed by atoms with van der Waals surface area (Å²) >= 11 is 1.04. The number of aliphatic imine (C=N–C) groups is 1. The number of benzene rings is 2. The van der Waals surface area contributed by atoms with Crippen LogP contribution in [-0.2, 0) is 16.1 Å². The maximum atomic E-state index is 11.8. The Bertz CT molecular complexity index is 1150. The van der Waals surface area contributed by atoms with Gasteiger partial charge in [0.25, 0.3) is 5.91 Å². The maximum absolute atomic E-state index is 11.8. The molecule has 0 saturated carbocycles. The van der Waals surface area contributed by atoms with E-state index in [1.54, 1.807) is 4.57 Å². The monoisotopic (exact) mass is 407 g/mol. The number of carbonyl (C=O) groups excluding carboxylic acids is 2. The molecule has 3 N–H and O–H groups in total. The first-order valence-corrected chi connectivity index (χ1v) is 9.74. The van der Waals surface area contributed by atoms with Crippen LogP contribution >= 0.6 is 11.8 Å². The third-order valence-electron chi connectivity index (χ3n) is 4.45. The highest BCUT2D eigenvalue weighted by Gasteiger charge is 2.30. The van der Waals surface area contributed by atoms with E-state index in [2.05, 4.69) is 15.2 Å². The van der Waals surface area contributed by atoms with Crippen LogP contribution in [0.5, 0.6) is 5.88 Å². The predicted octanol–water partition coefficient (Wildman–Crippen LogP) is 3.35. The third-order valence-corrected chi connectivity index (χ3v) is 5.49. The second kappa shape index (κ2) is 7.88. The van der Waals surface area contributed by atoms with Gasteiger partial charge in [-0.3, -0.25) is 9.59 Å². The van der Waals surface area contributed by atoms with Crippen LogP contribution in [0.2, 0.25) is 0 Å². The van der Waals surface area contributed by atoms with Crippen LogP contribution in [0.15, 0.2) is 69.8 Å². The molecule has 4 rings (SSSR count). The zero-order valence-corrected chi connectivity index (χ0v) is 16.0. The van der Waals surface area contributed by atoms with E-state index in [9.17, 15) is 14.7 Å². The van der Waals surface area contributed by atoms with Crippen LogP contribution in [0.25, 0.3) is 10.9 Å². The molecule has 0 bridgehead atoms. The summed E-state index contributed by atoms with van der Waals surface area (Å²) in [5.41, 5.74) is 7.29. The molecule has 1 aliphatic heterocycles. The minimum atomic E-state index is -0.672. The number of aromatic hydroxyl groups is 1. The lowest BCUT2D eigenvalue weighted by Crippen LogP contribution is -2.21. The van der Waals surface area contributed by atoms with E-state index in [-0.39, 0.29) is 17.5 Å². The predicted molar refractivity (Wildman–Crippen MR) is 111 cm³/mol. The minimum absolute atomic E-state index is 0.0255. The molecule has 1 aromatic heterocycles. The van der Waals surface area contributed by atoms with Crippen molar-refractivity contribution in [3.8, 4) is 5.88 Å². The molecule has 1 aliphatic rings. The van der Waals surface area contributed by atoms with Crippen LogP contribution in [0, 0.1) is 0 Å². The summed E-state index contributed by atoms with van der Waals surface area (Å²) in [6.07, 6.45) is -0.104. The molecular formula is C20H17N5O3S. The van der Waals surface area contributed by atoms with Gasteiger partial charge in [-0.1, -0.05) is 60.3 Å². The van der Waals surface area contributed by atoms with Crippen LogP contribution in [0.3, 0.4) is 0 Å². The van der Waals surface area contributed by atoms with E-state index >= 15 is 0 Å². The Morgan fingerprint density at radius 2 is 1.86 bits per heavy atom. The highest BCUT2D eigenvalue weighted by molar-refractivity contribution is 8.15. The Kier molecular flexibility index (Phi) is 5.13. The molecule has 0 fully saturated rings. The number of nitrogens with two attached hydrogens (primary N) is 1. The minimum Gasteiger partial charge on any atom is -0.493 e. The van der Waals surface area contributed by atoms with Crippen LogP contribution in [0.4, 0.5) is 5.69 Å². The van der Waals surface area contributed by atoms with E-state index in [4.69, 9.17) is 5.73 Å². The summed E-state index contributed by atoms with van der Waals surface area (Å²) < 4.78 is 1.75. The van der Waals surface area contributed by atoms with Crippen molar-refractivity contribution in [2.75, 3.05) is 0 Å². The van der Waals surface area contributed by atoms with Gasteiger partial charge in [-0.05, 0) is 11.6 Å². The van der Waals surface area contributed by atoms with E-state index in [1.807, 2.05) is 54.6 Å². The highest BCUT2D eigenvalue weighted by Crippen LogP contribution is 2.39. The normalized spacial score (nSPS) is 16.6. The number of amides is 2. The second-order valence-electron chi connectivity index (χ2n) is 6.47. The molecule has 1 unspecified atom stereocenters. The fourth-order valence-electron chi connectivity index (χ4n) is 3.12. The highest BCUT2D eigenvalue weighted by atomic mass is 32.2. The van der Waals surface area contributed by atoms with Gasteiger partial charge in [-0.15, -0.1) is 10.2 Å². The van der Waals surface area contributed by atoms with Crippen LogP contribution < -0.4 is 5.73 Å². The van der Waals surface area contributed by atoms with Crippen molar-refractivity contribution < 1.29 is 14.7 Å². The van der Waals surface area contributed by atoms with E-state index in [0.29, 0.717) is 12.2 Å². The van der Waals surface area contributed by atoms with Crippen molar-refractivity contribution in [2.24, 2.45) is 21.0 Å². The number of fused-ring (bicyclic) bond motifs is 1. The number of carbonyl (C=O) groups is 2. The van der Waals surface area contributed by atoms with Crippen molar-refractivity contribution in [3.63, 3.8) is 0 Å². The maximum Gasteiger partial charge on any atom is 0.262 e. The molecule has 3 aromatic rings. The number of hydrogen-bond acceptors (Lipinski definition) is 6. The number of amidine groups is 1. The lowest BCUT2D eigenvalue weighted by molar-refractivity contribution is -0.122. The number of thioether (sulfide) groups is 1. The third kappa shape index (κ3) is 3.90. The van der Waals surface area contributed by atoms with Gasteiger partial charge in [-0.25, -0.2) is 0 Å². The summed E-state index contributed by atoms with van der Waals surface area (Å²) in [5, 5.41) is 19.2. The van der Waals surface area contributed by atoms with Gasteiger partial charge in [0.15, 0.2) is 5.69 Å². The average molecular weight is 407 g/mol. The molecule has 2 heterocycles. The van der Waals surface area contributed by atoms with Crippen molar-refractivity contribution >= 4 is 45.3 Å². The van der Waals surface area contributed by atoms with Crippen LogP contribution in [-0.4, -0.2) is 31.9 Å². The van der Waals surface area contributed by atoms with Crippen molar-refractivity contribution in [3.05, 3.63) is 60.2 Å². The summed E-state index contributed by atoms with van der Waals surface area (Å²) in [6.45, 7) is 0.470. The molecule has 9 heteroatoms. The quantitative estimate of drug-likeness (QED) is 0.630. The number of rotatable bonds is 5. The van der Waals surface area contributed by atoms with Gasteiger partial charge in [0.1, 0.15) is 5.25 Å². The second-order valence-corrected chi connectivity index (χ2v) is 7.64. The molecule has 146 valence electrons. The smallest absolute Gasteiger partial charge is 0.262 e. The molecule has 2 amide bonds. The topological polar surface area (TPSA) is 122 Å². The Balaban J connectivity index is 1.65. The molecule has 2 aromatic carbocycles. The van der Waals surface area contributed by atoms with Gasteiger partial charge in [-0.2, -0.15) is 4.99 Å². The summed E-state index contributed by atoms with van der Waals surface area (Å²) in [5.74, 6) is -1.06. The van der Waals surface area contributed by atoms with Gasteiger partial charge in [0.2, 0.25) is 17.0 Å². The molecule has 0 radical (unpaired) electrons. The van der Waals surface area contributed by atoms with Crippen LogP contribution in [0.1, 0.15) is 12.0 Å². The SMILES string of the molecule is NC(=O)CC1SC(N=Nc2c(O)n(Cc3ccccc3)c3ccccc23)=NC1=O. The molecule has 0 saturated heterocycles. The molecule has 29 heavy (non-hydrogen) atoms. The number of primary amides is 1. The first-order valence-electron chi connectivity index (χ1n) is 8.86. The average Bonchev–Trinajstić information content (AvgIpc) is 3.18. The number of aromatic nitrogens is 1. The molecular weight excluding hydrogens is 390 g/mol. The Morgan fingerprint density at radius 1 is 1.14 bits per heavy atom. The lowest BCUT2D eigenvalue weighted by atomic mass is 10.2. The Hall–Kier alpha value is -3.46. The Labute approximate surface area is 170 Å². The lowest BCUT2D eigenvalue weighted by Gasteiger charge is -2.06. The van der Waals surface area contributed by atoms with E-state index in [1.165, 1.54) is 0 Å². The number of nitrogens with zero attached hydrogens (tertiary/aromatic N) is 4. The summed E-state index contributed by atoms with van der Waals surface area (Å²) in [6, 6.07) is 17.2. The molecule has 0 spiro atoms. The zero-order chi connectivity index (χ0) is 20.4. The molecule has 1 atom stereocenters. The van der Waals surface area contributed by atoms with Crippen molar-refractivity contribution in [1.29, 1.82) is 0 Å². The van der Waals surface area contributed by atoms with Gasteiger partial charge in [0, 0.05) is 11.8 Å². The first-order chi connectivity index (χ1) is 14.0. The molecule has 0 aliphatic carbocycles. The zero-order valence-electron chi connectivity index (χ0n) is 15.2. The summed E-state index contributed by atoms with van der Waals surface area (Å²) in [7, 11) is 0. The standard InChI is InChI=1S/C20H17N5O3S/c21-16(26)10-15-18(27)22-20(29-15)24-23-17-13-8-4-5-9-14(13)25(19(17)28)11-12-6-2-1-3-7-12/h1-9,15,28H,10-11H2,(H2,21,26). The Morgan fingerprint density at radius 3 is 2.62 bits per heavy atom.